The number of hydrogen-bond donors (Lipinski definition) is 3. The molecule has 1 saturated carbocycles. The van der Waals surface area contributed by atoms with Gasteiger partial charge < -0.3 is 15.7 Å². The van der Waals surface area contributed by atoms with Crippen LogP contribution in [0, 0.1) is 5.82 Å². The van der Waals surface area contributed by atoms with Gasteiger partial charge in [-0.3, -0.25) is 0 Å². The van der Waals surface area contributed by atoms with Crippen LogP contribution in [0.2, 0.25) is 5.02 Å². The lowest BCUT2D eigenvalue weighted by molar-refractivity contribution is 0.281. The molecule has 23 heavy (non-hydrogen) atoms. The van der Waals surface area contributed by atoms with Crippen molar-refractivity contribution in [2.45, 2.75) is 31.7 Å². The molecular formula is C16H18ClFN4O. The van der Waals surface area contributed by atoms with E-state index in [1.54, 1.807) is 0 Å². The lowest BCUT2D eigenvalue weighted by Crippen LogP contribution is -2.21. The maximum absolute atomic E-state index is 13.9. The number of aliphatic hydroxyl groups is 1. The first-order valence-corrected chi connectivity index (χ1v) is 7.91. The van der Waals surface area contributed by atoms with Crippen LogP contribution in [0.1, 0.15) is 31.4 Å². The number of anilines is 3. The largest absolute Gasteiger partial charge is 0.394 e. The van der Waals surface area contributed by atoms with Gasteiger partial charge in [0.05, 0.1) is 18.0 Å². The second kappa shape index (κ2) is 6.68. The summed E-state index contributed by atoms with van der Waals surface area (Å²) < 4.78 is 13.9. The molecule has 0 saturated heterocycles. The van der Waals surface area contributed by atoms with E-state index in [1.165, 1.54) is 18.2 Å². The minimum absolute atomic E-state index is 0.0251. The predicted molar refractivity (Wildman–Crippen MR) is 88.9 cm³/mol. The fraction of sp³-hybridized carbons (Fsp3) is 0.375. The Balaban J connectivity index is 1.89. The van der Waals surface area contributed by atoms with Gasteiger partial charge in [-0.2, -0.15) is 4.98 Å². The van der Waals surface area contributed by atoms with Crippen LogP contribution < -0.4 is 10.6 Å². The Labute approximate surface area is 138 Å². The van der Waals surface area contributed by atoms with Gasteiger partial charge in [-0.1, -0.05) is 11.6 Å². The molecule has 1 aliphatic rings. The molecule has 5 nitrogen and oxygen atoms in total. The van der Waals surface area contributed by atoms with Gasteiger partial charge in [-0.05, 0) is 38.0 Å². The Morgan fingerprint density at radius 1 is 1.35 bits per heavy atom. The van der Waals surface area contributed by atoms with Gasteiger partial charge in [-0.25, -0.2) is 9.37 Å². The zero-order valence-electron chi connectivity index (χ0n) is 12.7. The summed E-state index contributed by atoms with van der Waals surface area (Å²) in [6.07, 6.45) is 2.19. The van der Waals surface area contributed by atoms with E-state index < -0.39 is 5.82 Å². The summed E-state index contributed by atoms with van der Waals surface area (Å²) in [5.74, 6) is 0.934. The highest BCUT2D eigenvalue weighted by atomic mass is 35.5. The van der Waals surface area contributed by atoms with Gasteiger partial charge in [0, 0.05) is 23.0 Å². The van der Waals surface area contributed by atoms with E-state index in [0.717, 1.165) is 18.5 Å². The van der Waals surface area contributed by atoms with Gasteiger partial charge in [0.2, 0.25) is 5.95 Å². The predicted octanol–water partition coefficient (Wildman–Crippen LogP) is 3.68. The van der Waals surface area contributed by atoms with Crippen molar-refractivity contribution in [3.05, 3.63) is 40.8 Å². The Bertz CT molecular complexity index is 708. The minimum atomic E-state index is -0.404. The zero-order chi connectivity index (χ0) is 16.4. The molecule has 0 radical (unpaired) electrons. The maximum Gasteiger partial charge on any atom is 0.225 e. The van der Waals surface area contributed by atoms with Crippen molar-refractivity contribution < 1.29 is 9.50 Å². The summed E-state index contributed by atoms with van der Waals surface area (Å²) >= 11 is 5.91. The SMILES string of the molecule is C[C@@H](CO)Nc1nc(Nc2cc(Cl)ccc2F)cc(C2CC2)n1. The van der Waals surface area contributed by atoms with Gasteiger partial charge in [-0.15, -0.1) is 0 Å². The average molecular weight is 337 g/mol. The summed E-state index contributed by atoms with van der Waals surface area (Å²) in [7, 11) is 0. The highest BCUT2D eigenvalue weighted by molar-refractivity contribution is 6.30. The van der Waals surface area contributed by atoms with Crippen LogP contribution in [0.4, 0.5) is 21.8 Å². The number of benzene rings is 1. The van der Waals surface area contributed by atoms with Crippen molar-refractivity contribution in [1.29, 1.82) is 0 Å². The van der Waals surface area contributed by atoms with Gasteiger partial charge in [0.15, 0.2) is 0 Å². The Kier molecular flexibility index (Phi) is 4.63. The van der Waals surface area contributed by atoms with Crippen LogP contribution >= 0.6 is 11.6 Å². The van der Waals surface area contributed by atoms with E-state index in [0.29, 0.717) is 22.7 Å². The van der Waals surface area contributed by atoms with E-state index in [2.05, 4.69) is 20.6 Å². The first-order chi connectivity index (χ1) is 11.0. The molecule has 3 N–H and O–H groups in total. The number of rotatable bonds is 6. The topological polar surface area (TPSA) is 70.1 Å². The second-order valence-corrected chi connectivity index (χ2v) is 6.19. The molecule has 1 fully saturated rings. The average Bonchev–Trinajstić information content (AvgIpc) is 3.35. The van der Waals surface area contributed by atoms with Crippen molar-refractivity contribution in [3.8, 4) is 0 Å². The van der Waals surface area contributed by atoms with Crippen molar-refractivity contribution in [1.82, 2.24) is 9.97 Å². The van der Waals surface area contributed by atoms with Crippen LogP contribution in [0.3, 0.4) is 0 Å². The Morgan fingerprint density at radius 3 is 2.83 bits per heavy atom. The smallest absolute Gasteiger partial charge is 0.225 e. The van der Waals surface area contributed by atoms with E-state index >= 15 is 0 Å². The molecule has 0 spiro atoms. The van der Waals surface area contributed by atoms with Gasteiger partial charge >= 0.3 is 0 Å². The first-order valence-electron chi connectivity index (χ1n) is 7.53. The zero-order valence-corrected chi connectivity index (χ0v) is 13.4. The number of aromatic nitrogens is 2. The third-order valence-electron chi connectivity index (χ3n) is 3.58. The second-order valence-electron chi connectivity index (χ2n) is 5.75. The molecule has 1 atom stereocenters. The summed E-state index contributed by atoms with van der Waals surface area (Å²) in [5, 5.41) is 15.6. The van der Waals surface area contributed by atoms with Gasteiger partial charge in [0.25, 0.3) is 0 Å². The summed E-state index contributed by atoms with van der Waals surface area (Å²) in [4.78, 5) is 8.82. The number of aliphatic hydroxyl groups excluding tert-OH is 1. The lowest BCUT2D eigenvalue weighted by atomic mass is 10.2. The number of halogens is 2. The summed E-state index contributed by atoms with van der Waals surface area (Å²) in [6.45, 7) is 1.81. The molecule has 0 unspecified atom stereocenters. The third kappa shape index (κ3) is 4.09. The monoisotopic (exact) mass is 336 g/mol. The fourth-order valence-corrected chi connectivity index (χ4v) is 2.35. The quantitative estimate of drug-likeness (QED) is 0.750. The molecule has 0 aliphatic heterocycles. The van der Waals surface area contributed by atoms with Crippen molar-refractivity contribution in [3.63, 3.8) is 0 Å². The van der Waals surface area contributed by atoms with E-state index in [9.17, 15) is 4.39 Å². The van der Waals surface area contributed by atoms with E-state index in [4.69, 9.17) is 16.7 Å². The normalized spacial score (nSPS) is 15.3. The highest BCUT2D eigenvalue weighted by Crippen LogP contribution is 2.40. The molecular weight excluding hydrogens is 319 g/mol. The molecule has 1 aliphatic carbocycles. The molecule has 3 rings (SSSR count). The molecule has 122 valence electrons. The Hall–Kier alpha value is -1.92. The van der Waals surface area contributed by atoms with Crippen LogP contribution in [0.15, 0.2) is 24.3 Å². The van der Waals surface area contributed by atoms with Crippen molar-refractivity contribution in [2.24, 2.45) is 0 Å². The highest BCUT2D eigenvalue weighted by Gasteiger charge is 2.26. The molecule has 2 aromatic rings. The van der Waals surface area contributed by atoms with Crippen molar-refractivity contribution >= 4 is 29.1 Å². The molecule has 7 heteroatoms. The van der Waals surface area contributed by atoms with Gasteiger partial charge in [0.1, 0.15) is 11.6 Å². The summed E-state index contributed by atoms with van der Waals surface area (Å²) in [6, 6.07) is 5.97. The van der Waals surface area contributed by atoms with Crippen LogP contribution in [0.5, 0.6) is 0 Å². The number of hydrogen-bond acceptors (Lipinski definition) is 5. The van der Waals surface area contributed by atoms with Crippen molar-refractivity contribution in [2.75, 3.05) is 17.2 Å². The standard InChI is InChI=1S/C16H18ClFN4O/c1-9(8-23)19-16-21-13(10-2-3-10)7-15(22-16)20-14-6-11(17)4-5-12(14)18/h4-7,9-10,23H,2-3,8H2,1H3,(H2,19,20,21,22)/t9-/m0/s1. The fourth-order valence-electron chi connectivity index (χ4n) is 2.18. The molecule has 1 aromatic heterocycles. The van der Waals surface area contributed by atoms with E-state index in [-0.39, 0.29) is 18.3 Å². The number of nitrogens with zero attached hydrogens (tertiary/aromatic N) is 2. The molecule has 0 amide bonds. The third-order valence-corrected chi connectivity index (χ3v) is 3.82. The maximum atomic E-state index is 13.9. The minimum Gasteiger partial charge on any atom is -0.394 e. The molecule has 1 heterocycles. The van der Waals surface area contributed by atoms with Crippen LogP contribution in [-0.2, 0) is 0 Å². The first kappa shape index (κ1) is 16.0. The van der Waals surface area contributed by atoms with Crippen LogP contribution in [0.25, 0.3) is 0 Å². The molecule has 0 bridgehead atoms. The van der Waals surface area contributed by atoms with E-state index in [1.807, 2.05) is 13.0 Å². The lowest BCUT2D eigenvalue weighted by Gasteiger charge is -2.14. The number of nitrogens with one attached hydrogen (secondary N) is 2. The van der Waals surface area contributed by atoms with Crippen LogP contribution in [-0.4, -0.2) is 27.7 Å². The Morgan fingerprint density at radius 2 is 2.13 bits per heavy atom. The summed E-state index contributed by atoms with van der Waals surface area (Å²) in [5.41, 5.74) is 1.18. The molecule has 1 aromatic carbocycles.